The van der Waals surface area contributed by atoms with Crippen molar-refractivity contribution in [2.24, 2.45) is 35.5 Å². The summed E-state index contributed by atoms with van der Waals surface area (Å²) in [7, 11) is 2.98. The van der Waals surface area contributed by atoms with Crippen LogP contribution in [0, 0.1) is 35.5 Å². The summed E-state index contributed by atoms with van der Waals surface area (Å²) in [5.74, 6) is -13.8. The maximum atomic E-state index is 15.1. The third-order valence-electron chi connectivity index (χ3n) is 18.1. The van der Waals surface area contributed by atoms with Crippen molar-refractivity contribution in [2.45, 2.75) is 214 Å². The van der Waals surface area contributed by atoms with Crippen LogP contribution in [0.1, 0.15) is 177 Å². The van der Waals surface area contributed by atoms with Crippen LogP contribution in [0.25, 0.3) is 0 Å². The molecule has 0 bridgehead atoms. The van der Waals surface area contributed by atoms with Gasteiger partial charge in [0.2, 0.25) is 35.4 Å². The molecule has 4 rings (SSSR count). The van der Waals surface area contributed by atoms with Gasteiger partial charge in [-0.15, -0.1) is 0 Å². The molecule has 0 aliphatic rings. The molecule has 0 unspecified atom stereocenters. The lowest BCUT2D eigenvalue weighted by Gasteiger charge is -2.37. The lowest BCUT2D eigenvalue weighted by atomic mass is 9.76. The van der Waals surface area contributed by atoms with Gasteiger partial charge in [0.25, 0.3) is 0 Å². The largest absolute Gasteiger partial charge is 0.481 e. The van der Waals surface area contributed by atoms with Crippen LogP contribution in [0.5, 0.6) is 0 Å². The topological polar surface area (TPSA) is 393 Å². The molecule has 4 aromatic rings. The van der Waals surface area contributed by atoms with Gasteiger partial charge >= 0.3 is 12.1 Å². The van der Waals surface area contributed by atoms with E-state index in [0.29, 0.717) is 28.0 Å². The van der Waals surface area contributed by atoms with Gasteiger partial charge in [-0.1, -0.05) is 178 Å². The highest BCUT2D eigenvalue weighted by Crippen LogP contribution is 2.37. The summed E-state index contributed by atoms with van der Waals surface area (Å²) in [4.78, 5) is 181. The van der Waals surface area contributed by atoms with Crippen molar-refractivity contribution in [2.75, 3.05) is 64.3 Å². The second-order valence-corrected chi connectivity index (χ2v) is 35.1. The first-order valence-corrected chi connectivity index (χ1v) is 41.8. The molecule has 0 fully saturated rings. The molecule has 0 saturated carbocycles. The lowest BCUT2D eigenvalue weighted by Crippen LogP contribution is -2.51. The number of carboxylic acids is 1. The SMILES string of the molecule is CCSSC[C@H](NC(=O)OC(C)(C)C)C(=O)NCCOCCOCC(=O)CCC(=O)N[C@H](C(=O)C[C@@H](CC(=O)NC(c1ccccc1)(c1ccccc1)c1ccccc1)C(=O)N[C@@H](C)C(=O)C[C@@H](CO)C(=O)N[C@@H](COC(C)(C)C)C(=O)C[C@@H](COC(C)(C)C)C(=O)N[C@@H](CC(C)C)C(=O)C[C@@H](Cc1ccccc1)C(=O)O)C(C)C. The molecule has 0 aliphatic heterocycles. The van der Waals surface area contributed by atoms with Gasteiger partial charge < -0.3 is 71.1 Å². The standard InChI is InChI=1S/C86H123N7O20S2/c1-16-114-115-54-69(91-82(108)113-85(13,14)15)80(105)87-39-40-109-41-42-110-52-66(95)37-38-74(100)92-76(56(4)5)73(99)45-59(49-75(101)93-86(63-31-23-18-24-32-63,64-33-25-19-26-34-64)65-35-27-20-28-36-65)77(102)88-57(6)70(96)47-61(50-94)78(103)90-68(53-112-84(10,11)12)72(98)48-62(51-111-83(7,8)9)79(104)89-67(43-55(2)3)71(97)46-60(81(106)107)44-58-29-21-17-22-30-58/h17-36,55-57,59-62,67-69,76,94H,16,37-54H2,1-15H3,(H,87,105)(H,88,102)(H,89,104)(H,90,103)(H,91,108)(H,92,100)(H,93,101)(H,106,107)/t57-,59-,60+,61-,62-,67-,68-,69-,76-/m0/s1. The number of aliphatic carboxylic acids is 1. The summed E-state index contributed by atoms with van der Waals surface area (Å²) in [5, 5.41) is 40.4. The van der Waals surface area contributed by atoms with Crippen molar-refractivity contribution >= 4 is 98.0 Å². The van der Waals surface area contributed by atoms with E-state index in [-0.39, 0.29) is 71.2 Å². The molecule has 634 valence electrons. The van der Waals surface area contributed by atoms with Gasteiger partial charge in [0.15, 0.2) is 28.9 Å². The van der Waals surface area contributed by atoms with Crippen molar-refractivity contribution < 1.29 is 96.2 Å². The fourth-order valence-corrected chi connectivity index (χ4v) is 14.0. The molecule has 0 heterocycles. The number of amides is 7. The van der Waals surface area contributed by atoms with Gasteiger partial charge in [0.1, 0.15) is 29.8 Å². The molecule has 27 nitrogen and oxygen atoms in total. The molecule has 0 saturated heterocycles. The number of rotatable bonds is 53. The lowest BCUT2D eigenvalue weighted by molar-refractivity contribution is -0.144. The Morgan fingerprint density at radius 2 is 0.965 bits per heavy atom. The smallest absolute Gasteiger partial charge is 0.408 e. The highest BCUT2D eigenvalue weighted by molar-refractivity contribution is 8.76. The van der Waals surface area contributed by atoms with Crippen molar-refractivity contribution in [3.05, 3.63) is 144 Å². The normalized spacial score (nSPS) is 14.2. The summed E-state index contributed by atoms with van der Waals surface area (Å²) in [6.07, 6.45) is -4.10. The van der Waals surface area contributed by atoms with Crippen molar-refractivity contribution in [3.63, 3.8) is 0 Å². The third kappa shape index (κ3) is 37.0. The number of hydrogen-bond donors (Lipinski definition) is 9. The average molecular weight is 1640 g/mol. The van der Waals surface area contributed by atoms with Crippen LogP contribution in [-0.4, -0.2) is 198 Å². The number of alkyl carbamates (subject to hydrolysis) is 1. The van der Waals surface area contributed by atoms with Gasteiger partial charge in [-0.05, 0) is 116 Å². The monoisotopic (exact) mass is 1640 g/mol. The van der Waals surface area contributed by atoms with Crippen LogP contribution in [0.2, 0.25) is 0 Å². The first-order valence-electron chi connectivity index (χ1n) is 39.3. The first-order chi connectivity index (χ1) is 54.1. The fraction of sp³-hybridized carbons (Fsp3) is 0.570. The van der Waals surface area contributed by atoms with E-state index in [0.717, 1.165) is 5.75 Å². The number of carbonyl (C=O) groups excluding carboxylic acids is 12. The minimum absolute atomic E-state index is 0.00112. The molecule has 29 heteroatoms. The predicted molar refractivity (Wildman–Crippen MR) is 441 cm³/mol. The molecule has 0 radical (unpaired) electrons. The number of carboxylic acid groups (broad SMARTS) is 1. The minimum Gasteiger partial charge on any atom is -0.481 e. The highest BCUT2D eigenvalue weighted by atomic mass is 33.1. The number of aliphatic hydroxyl groups is 1. The molecule has 115 heavy (non-hydrogen) atoms. The Bertz CT molecular complexity index is 3680. The van der Waals surface area contributed by atoms with Crippen LogP contribution in [-0.2, 0) is 93.2 Å². The average Bonchev–Trinajstić information content (AvgIpc) is 0.753. The number of hydrogen-bond acceptors (Lipinski definition) is 21. The van der Waals surface area contributed by atoms with Crippen LogP contribution < -0.4 is 37.2 Å². The van der Waals surface area contributed by atoms with E-state index in [1.807, 2.05) is 112 Å². The zero-order valence-corrected chi connectivity index (χ0v) is 71.0. The van der Waals surface area contributed by atoms with Crippen molar-refractivity contribution in [1.29, 1.82) is 0 Å². The molecule has 9 N–H and O–H groups in total. The maximum absolute atomic E-state index is 15.1. The summed E-state index contributed by atoms with van der Waals surface area (Å²) >= 11 is 0. The zero-order valence-electron chi connectivity index (χ0n) is 69.4. The highest BCUT2D eigenvalue weighted by Gasteiger charge is 2.42. The van der Waals surface area contributed by atoms with Gasteiger partial charge in [0.05, 0.1) is 92.6 Å². The van der Waals surface area contributed by atoms with Crippen LogP contribution in [0.3, 0.4) is 0 Å². The van der Waals surface area contributed by atoms with Gasteiger partial charge in [-0.3, -0.25) is 57.5 Å². The Hall–Kier alpha value is -8.71. The van der Waals surface area contributed by atoms with E-state index in [2.05, 4.69) is 37.2 Å². The quantitative estimate of drug-likeness (QED) is 0.0113. The number of benzene rings is 4. The summed E-state index contributed by atoms with van der Waals surface area (Å²) in [6, 6.07) is 30.0. The van der Waals surface area contributed by atoms with E-state index >= 15 is 4.79 Å². The van der Waals surface area contributed by atoms with E-state index in [9.17, 15) is 67.7 Å². The van der Waals surface area contributed by atoms with E-state index < -0.39 is 204 Å². The van der Waals surface area contributed by atoms with Crippen LogP contribution in [0.15, 0.2) is 121 Å². The second-order valence-electron chi connectivity index (χ2n) is 32.3. The van der Waals surface area contributed by atoms with Crippen molar-refractivity contribution in [3.8, 4) is 0 Å². The number of Topliss-reactive ketones (excluding diaryl/α,β-unsaturated/α-hetero) is 5. The number of nitrogens with one attached hydrogen (secondary N) is 7. The number of carbonyl (C=O) groups is 13. The molecular formula is C86H123N7O20S2. The van der Waals surface area contributed by atoms with E-state index in [1.165, 1.54) is 17.7 Å². The minimum atomic E-state index is -1.54. The van der Waals surface area contributed by atoms with E-state index in [1.54, 1.807) is 117 Å². The Labute approximate surface area is 685 Å². The Morgan fingerprint density at radius 3 is 1.49 bits per heavy atom. The molecule has 9 atom stereocenters. The third-order valence-corrected chi connectivity index (χ3v) is 20.6. The number of aliphatic hydroxyl groups excluding tert-OH is 1. The first kappa shape index (κ1) is 98.7. The summed E-state index contributed by atoms with van der Waals surface area (Å²) in [6.45, 7) is 24.0. The number of ether oxygens (including phenoxy) is 5. The number of ketones is 5. The molecule has 0 aliphatic carbocycles. The molecule has 7 amide bonds. The second kappa shape index (κ2) is 49.4. The zero-order chi connectivity index (χ0) is 85.6. The Morgan fingerprint density at radius 1 is 0.470 bits per heavy atom. The maximum Gasteiger partial charge on any atom is 0.408 e. The molecular weight excluding hydrogens is 1520 g/mol. The molecule has 0 spiro atoms. The van der Waals surface area contributed by atoms with Crippen LogP contribution >= 0.6 is 21.6 Å². The van der Waals surface area contributed by atoms with Crippen LogP contribution in [0.4, 0.5) is 4.79 Å². The fourth-order valence-electron chi connectivity index (χ4n) is 12.1. The Kier molecular flexibility index (Phi) is 42.4. The van der Waals surface area contributed by atoms with Gasteiger partial charge in [-0.25, -0.2) is 4.79 Å². The van der Waals surface area contributed by atoms with Gasteiger partial charge in [0, 0.05) is 63.0 Å². The Balaban J connectivity index is 1.54. The summed E-state index contributed by atoms with van der Waals surface area (Å²) < 4.78 is 28.5. The predicted octanol–water partition coefficient (Wildman–Crippen LogP) is 9.19. The van der Waals surface area contributed by atoms with E-state index in [4.69, 9.17) is 23.7 Å². The molecule has 4 aromatic carbocycles. The van der Waals surface area contributed by atoms with Crippen molar-refractivity contribution in [1.82, 2.24) is 37.2 Å². The molecule has 0 aromatic heterocycles. The summed E-state index contributed by atoms with van der Waals surface area (Å²) in [5.41, 5.74) is -1.19. The van der Waals surface area contributed by atoms with Gasteiger partial charge in [-0.2, -0.15) is 0 Å².